The number of thioether (sulfide) groups is 1. The summed E-state index contributed by atoms with van der Waals surface area (Å²) in [6.07, 6.45) is -4.76. The Morgan fingerprint density at radius 1 is 1.16 bits per heavy atom. The van der Waals surface area contributed by atoms with E-state index in [2.05, 4.69) is 19.9 Å². The van der Waals surface area contributed by atoms with E-state index < -0.39 is 6.36 Å². The predicted octanol–water partition coefficient (Wildman–Crippen LogP) is 6.15. The molecule has 1 aromatic heterocycles. The summed E-state index contributed by atoms with van der Waals surface area (Å²) in [5.74, 6) is 0.128. The van der Waals surface area contributed by atoms with Crippen molar-refractivity contribution in [3.05, 3.63) is 58.6 Å². The monoisotopic (exact) mass is 465 g/mol. The number of aromatic nitrogens is 1. The lowest BCUT2D eigenvalue weighted by atomic mass is 10.1. The minimum atomic E-state index is -4.76. The number of aryl methyl sites for hydroxylation is 2. The van der Waals surface area contributed by atoms with Gasteiger partial charge in [0.15, 0.2) is 5.13 Å². The lowest BCUT2D eigenvalue weighted by Crippen LogP contribution is -2.25. The average molecular weight is 466 g/mol. The molecule has 162 valence electrons. The number of nitrogens with zero attached hydrogens (tertiary/aromatic N) is 2. The summed E-state index contributed by atoms with van der Waals surface area (Å²) >= 11 is 3.22. The fraction of sp³-hybridized carbons (Fsp3) is 0.238. The second-order valence-corrected chi connectivity index (χ2v) is 9.11. The van der Waals surface area contributed by atoms with Crippen molar-refractivity contribution >= 4 is 45.5 Å². The second kappa shape index (κ2) is 8.43. The summed E-state index contributed by atoms with van der Waals surface area (Å²) in [5.41, 5.74) is 2.80. The number of carbonyl (C=O) groups is 1. The van der Waals surface area contributed by atoms with E-state index in [1.807, 2.05) is 26.0 Å². The van der Waals surface area contributed by atoms with Gasteiger partial charge in [-0.3, -0.25) is 4.79 Å². The number of amides is 1. The second-order valence-electron chi connectivity index (χ2n) is 6.82. The summed E-state index contributed by atoms with van der Waals surface area (Å²) in [6.45, 7) is 4.80. The number of hydrogen-bond donors (Lipinski definition) is 1. The maximum absolute atomic E-state index is 12.9. The van der Waals surface area contributed by atoms with E-state index in [0.717, 1.165) is 50.7 Å². The first kappa shape index (κ1) is 21.5. The van der Waals surface area contributed by atoms with Crippen LogP contribution in [0.25, 0.3) is 0 Å². The van der Waals surface area contributed by atoms with E-state index >= 15 is 0 Å². The quantitative estimate of drug-likeness (QED) is 0.501. The third kappa shape index (κ3) is 4.80. The van der Waals surface area contributed by atoms with Crippen LogP contribution in [0.4, 0.5) is 29.7 Å². The van der Waals surface area contributed by atoms with Gasteiger partial charge in [0.2, 0.25) is 0 Å². The van der Waals surface area contributed by atoms with Gasteiger partial charge >= 0.3 is 6.36 Å². The molecule has 5 nitrogen and oxygen atoms in total. The van der Waals surface area contributed by atoms with Crippen LogP contribution in [-0.4, -0.2) is 29.6 Å². The molecule has 2 heterocycles. The average Bonchev–Trinajstić information content (AvgIpc) is 3.05. The SMILES string of the molecule is Cc1nc(N2CCSc3c(C(=O)Nc4ccc(OC(F)(F)F)cc4)cccc32)sc1C. The third-order valence-electron chi connectivity index (χ3n) is 4.68. The number of hydrogen-bond acceptors (Lipinski definition) is 6. The fourth-order valence-electron chi connectivity index (χ4n) is 3.14. The van der Waals surface area contributed by atoms with Crippen molar-refractivity contribution in [3.8, 4) is 5.75 Å². The highest BCUT2D eigenvalue weighted by molar-refractivity contribution is 7.99. The first-order chi connectivity index (χ1) is 14.7. The normalized spacial score (nSPS) is 13.6. The summed E-state index contributed by atoms with van der Waals surface area (Å²) in [6, 6.07) is 10.6. The maximum atomic E-state index is 12.9. The summed E-state index contributed by atoms with van der Waals surface area (Å²) in [7, 11) is 0. The Kier molecular flexibility index (Phi) is 5.85. The summed E-state index contributed by atoms with van der Waals surface area (Å²) < 4.78 is 40.8. The molecule has 2 aromatic carbocycles. The Labute approximate surface area is 185 Å². The Hall–Kier alpha value is -2.72. The zero-order valence-corrected chi connectivity index (χ0v) is 18.2. The zero-order valence-electron chi connectivity index (χ0n) is 16.6. The van der Waals surface area contributed by atoms with Crippen molar-refractivity contribution in [3.63, 3.8) is 0 Å². The molecule has 3 aromatic rings. The number of nitrogens with one attached hydrogen (secondary N) is 1. The molecule has 31 heavy (non-hydrogen) atoms. The van der Waals surface area contributed by atoms with Crippen molar-refractivity contribution in [1.29, 1.82) is 0 Å². The molecular weight excluding hydrogens is 447 g/mol. The molecule has 1 amide bonds. The zero-order chi connectivity index (χ0) is 22.2. The molecule has 0 saturated carbocycles. The van der Waals surface area contributed by atoms with E-state index in [1.54, 1.807) is 29.2 Å². The van der Waals surface area contributed by atoms with Crippen LogP contribution < -0.4 is 15.0 Å². The lowest BCUT2D eigenvalue weighted by molar-refractivity contribution is -0.274. The smallest absolute Gasteiger partial charge is 0.406 e. The molecule has 4 rings (SSSR count). The van der Waals surface area contributed by atoms with Crippen molar-refractivity contribution in [2.45, 2.75) is 25.1 Å². The van der Waals surface area contributed by atoms with Gasteiger partial charge in [-0.25, -0.2) is 4.98 Å². The highest BCUT2D eigenvalue weighted by Crippen LogP contribution is 2.42. The first-order valence-electron chi connectivity index (χ1n) is 9.36. The van der Waals surface area contributed by atoms with Crippen LogP contribution in [0.2, 0.25) is 0 Å². The minimum Gasteiger partial charge on any atom is -0.406 e. The van der Waals surface area contributed by atoms with E-state index in [9.17, 15) is 18.0 Å². The van der Waals surface area contributed by atoms with Gasteiger partial charge in [-0.05, 0) is 50.2 Å². The molecule has 10 heteroatoms. The predicted molar refractivity (Wildman–Crippen MR) is 117 cm³/mol. The molecular formula is C21H18F3N3O2S2. The molecule has 1 N–H and O–H groups in total. The Morgan fingerprint density at radius 3 is 2.55 bits per heavy atom. The topological polar surface area (TPSA) is 54.5 Å². The molecule has 0 fully saturated rings. The highest BCUT2D eigenvalue weighted by atomic mass is 32.2. The number of fused-ring (bicyclic) bond motifs is 1. The highest BCUT2D eigenvalue weighted by Gasteiger charge is 2.31. The van der Waals surface area contributed by atoms with Crippen molar-refractivity contribution < 1.29 is 22.7 Å². The molecule has 0 aliphatic carbocycles. The van der Waals surface area contributed by atoms with Crippen LogP contribution in [0.3, 0.4) is 0 Å². The van der Waals surface area contributed by atoms with Gasteiger partial charge in [-0.1, -0.05) is 6.07 Å². The van der Waals surface area contributed by atoms with E-state index in [0.29, 0.717) is 11.3 Å². The number of carbonyl (C=O) groups excluding carboxylic acids is 1. The standard InChI is InChI=1S/C21H18F3N3O2S2/c1-12-13(2)31-20(25-12)27-10-11-30-18-16(4-3-5-17(18)27)19(28)26-14-6-8-15(9-7-14)29-21(22,23)24/h3-9H,10-11H2,1-2H3,(H,26,28). The van der Waals surface area contributed by atoms with Crippen LogP contribution in [0, 0.1) is 13.8 Å². The van der Waals surface area contributed by atoms with Gasteiger partial charge in [0.05, 0.1) is 16.9 Å². The van der Waals surface area contributed by atoms with Gasteiger partial charge in [-0.2, -0.15) is 0 Å². The van der Waals surface area contributed by atoms with Gasteiger partial charge < -0.3 is 15.0 Å². The Balaban J connectivity index is 1.56. The molecule has 0 unspecified atom stereocenters. The lowest BCUT2D eigenvalue weighted by Gasteiger charge is -2.29. The van der Waals surface area contributed by atoms with Crippen molar-refractivity contribution in [2.24, 2.45) is 0 Å². The van der Waals surface area contributed by atoms with Gasteiger partial charge in [-0.15, -0.1) is 36.3 Å². The minimum absolute atomic E-state index is 0.331. The molecule has 0 spiro atoms. The van der Waals surface area contributed by atoms with Crippen molar-refractivity contribution in [2.75, 3.05) is 22.5 Å². The van der Waals surface area contributed by atoms with E-state index in [4.69, 9.17) is 0 Å². The summed E-state index contributed by atoms with van der Waals surface area (Å²) in [4.78, 5) is 21.7. The first-order valence-corrected chi connectivity index (χ1v) is 11.2. The van der Waals surface area contributed by atoms with Gasteiger partial charge in [0.25, 0.3) is 5.91 Å². The Morgan fingerprint density at radius 2 is 1.90 bits per heavy atom. The van der Waals surface area contributed by atoms with Gasteiger partial charge in [0, 0.05) is 27.8 Å². The molecule has 0 radical (unpaired) electrons. The number of alkyl halides is 3. The third-order valence-corrected chi connectivity index (χ3v) is 6.89. The van der Waals surface area contributed by atoms with Crippen LogP contribution in [0.5, 0.6) is 5.75 Å². The maximum Gasteiger partial charge on any atom is 0.573 e. The van der Waals surface area contributed by atoms with Crippen LogP contribution in [0.1, 0.15) is 20.9 Å². The number of anilines is 3. The molecule has 0 saturated heterocycles. The van der Waals surface area contributed by atoms with E-state index in [1.165, 1.54) is 12.1 Å². The number of rotatable bonds is 4. The van der Waals surface area contributed by atoms with Crippen molar-refractivity contribution in [1.82, 2.24) is 4.98 Å². The number of halogens is 3. The molecule has 0 bridgehead atoms. The number of ether oxygens (including phenoxy) is 1. The number of thiazole rings is 1. The van der Waals surface area contributed by atoms with Crippen LogP contribution >= 0.6 is 23.1 Å². The summed E-state index contributed by atoms with van der Waals surface area (Å²) in [5, 5.41) is 3.64. The fourth-order valence-corrected chi connectivity index (χ4v) is 5.21. The van der Waals surface area contributed by atoms with E-state index in [-0.39, 0.29) is 11.7 Å². The van der Waals surface area contributed by atoms with Gasteiger partial charge in [0.1, 0.15) is 5.75 Å². The largest absolute Gasteiger partial charge is 0.573 e. The van der Waals surface area contributed by atoms with Crippen LogP contribution in [0.15, 0.2) is 47.4 Å². The molecule has 1 aliphatic heterocycles. The molecule has 0 atom stereocenters. The number of benzene rings is 2. The Bertz CT molecular complexity index is 1090. The molecule has 1 aliphatic rings. The van der Waals surface area contributed by atoms with Crippen LogP contribution in [-0.2, 0) is 0 Å².